The largest absolute Gasteiger partial charge is 0.377 e. The fourth-order valence-electron chi connectivity index (χ4n) is 2.85. The molecule has 3 atom stereocenters. The van der Waals surface area contributed by atoms with Gasteiger partial charge in [0, 0.05) is 31.7 Å². The molecule has 0 spiro atoms. The Bertz CT molecular complexity index is 328. The van der Waals surface area contributed by atoms with Crippen LogP contribution in [0.25, 0.3) is 0 Å². The smallest absolute Gasteiger partial charge is 0.191 e. The van der Waals surface area contributed by atoms with E-state index in [1.54, 1.807) is 0 Å². The standard InChI is InChI=1S/C17H35N3O.HI/c1-7-13(3)20-16(18-8-2)19-12-14-10-9-11-21-15(14)17(4,5)6;/h13-15H,7-12H2,1-6H3,(H2,18,19,20);1H. The molecule has 1 rings (SSSR count). The van der Waals surface area contributed by atoms with Crippen LogP contribution in [-0.2, 0) is 4.74 Å². The van der Waals surface area contributed by atoms with E-state index in [1.807, 2.05) is 0 Å². The van der Waals surface area contributed by atoms with Gasteiger partial charge in [-0.05, 0) is 38.5 Å². The first-order chi connectivity index (χ1) is 9.88. The van der Waals surface area contributed by atoms with Crippen LogP contribution in [0.2, 0.25) is 0 Å². The quantitative estimate of drug-likeness (QED) is 0.400. The third-order valence-electron chi connectivity index (χ3n) is 4.12. The van der Waals surface area contributed by atoms with E-state index in [-0.39, 0.29) is 29.4 Å². The van der Waals surface area contributed by atoms with Crippen molar-refractivity contribution in [1.29, 1.82) is 0 Å². The molecule has 2 N–H and O–H groups in total. The lowest BCUT2D eigenvalue weighted by atomic mass is 9.78. The summed E-state index contributed by atoms with van der Waals surface area (Å²) >= 11 is 0. The number of rotatable bonds is 5. The minimum atomic E-state index is 0. The average Bonchev–Trinajstić information content (AvgIpc) is 2.44. The molecule has 22 heavy (non-hydrogen) atoms. The maximum Gasteiger partial charge on any atom is 0.191 e. The number of ether oxygens (including phenoxy) is 1. The fourth-order valence-corrected chi connectivity index (χ4v) is 2.85. The lowest BCUT2D eigenvalue weighted by molar-refractivity contribution is -0.0823. The van der Waals surface area contributed by atoms with Crippen molar-refractivity contribution in [3.63, 3.8) is 0 Å². The van der Waals surface area contributed by atoms with E-state index in [4.69, 9.17) is 9.73 Å². The van der Waals surface area contributed by atoms with Gasteiger partial charge in [0.25, 0.3) is 0 Å². The Kier molecular flexibility index (Phi) is 10.7. The van der Waals surface area contributed by atoms with Gasteiger partial charge in [-0.15, -0.1) is 24.0 Å². The normalized spacial score (nSPS) is 24.4. The van der Waals surface area contributed by atoms with Crippen LogP contribution in [0.3, 0.4) is 0 Å². The first-order valence-electron chi connectivity index (χ1n) is 8.54. The van der Waals surface area contributed by atoms with E-state index in [0.29, 0.717) is 18.1 Å². The maximum absolute atomic E-state index is 6.04. The minimum Gasteiger partial charge on any atom is -0.377 e. The summed E-state index contributed by atoms with van der Waals surface area (Å²) in [7, 11) is 0. The predicted molar refractivity (Wildman–Crippen MR) is 106 cm³/mol. The molecule has 0 saturated carbocycles. The van der Waals surface area contributed by atoms with Gasteiger partial charge in [-0.3, -0.25) is 4.99 Å². The number of hydrogen-bond donors (Lipinski definition) is 2. The zero-order chi connectivity index (χ0) is 15.9. The predicted octanol–water partition coefficient (Wildman–Crippen LogP) is 3.80. The van der Waals surface area contributed by atoms with Crippen molar-refractivity contribution in [3.05, 3.63) is 0 Å². The second kappa shape index (κ2) is 10.7. The summed E-state index contributed by atoms with van der Waals surface area (Å²) < 4.78 is 6.04. The van der Waals surface area contributed by atoms with E-state index in [9.17, 15) is 0 Å². The van der Waals surface area contributed by atoms with Crippen LogP contribution in [0, 0.1) is 11.3 Å². The fraction of sp³-hybridized carbons (Fsp3) is 0.941. The first kappa shape index (κ1) is 22.0. The number of aliphatic imine (C=N–C) groups is 1. The van der Waals surface area contributed by atoms with Gasteiger partial charge in [-0.2, -0.15) is 0 Å². The van der Waals surface area contributed by atoms with E-state index in [1.165, 1.54) is 6.42 Å². The third kappa shape index (κ3) is 7.49. The molecule has 0 aromatic rings. The molecule has 4 nitrogen and oxygen atoms in total. The van der Waals surface area contributed by atoms with Crippen LogP contribution in [0.1, 0.15) is 60.8 Å². The lowest BCUT2D eigenvalue weighted by Gasteiger charge is -2.39. The molecule has 0 radical (unpaired) electrons. The molecule has 0 amide bonds. The molecule has 1 aliphatic heterocycles. The number of nitrogens with zero attached hydrogens (tertiary/aromatic N) is 1. The Morgan fingerprint density at radius 1 is 1.32 bits per heavy atom. The van der Waals surface area contributed by atoms with Crippen molar-refractivity contribution in [3.8, 4) is 0 Å². The summed E-state index contributed by atoms with van der Waals surface area (Å²) in [5, 5.41) is 6.80. The molecule has 0 aliphatic carbocycles. The van der Waals surface area contributed by atoms with Crippen molar-refractivity contribution in [2.75, 3.05) is 19.7 Å². The Morgan fingerprint density at radius 2 is 2.00 bits per heavy atom. The summed E-state index contributed by atoms with van der Waals surface area (Å²) in [5.41, 5.74) is 0.184. The van der Waals surface area contributed by atoms with Crippen LogP contribution in [0.4, 0.5) is 0 Å². The Labute approximate surface area is 154 Å². The van der Waals surface area contributed by atoms with Crippen LogP contribution < -0.4 is 10.6 Å². The second-order valence-electron chi connectivity index (χ2n) is 7.23. The number of halogens is 1. The van der Waals surface area contributed by atoms with Crippen molar-refractivity contribution >= 4 is 29.9 Å². The van der Waals surface area contributed by atoms with Gasteiger partial charge in [0.15, 0.2) is 5.96 Å². The van der Waals surface area contributed by atoms with Gasteiger partial charge in [-0.1, -0.05) is 27.7 Å². The van der Waals surface area contributed by atoms with Crippen molar-refractivity contribution < 1.29 is 4.74 Å². The molecule has 0 aromatic heterocycles. The highest BCUT2D eigenvalue weighted by atomic mass is 127. The molecular weight excluding hydrogens is 389 g/mol. The van der Waals surface area contributed by atoms with Crippen LogP contribution in [0.5, 0.6) is 0 Å². The van der Waals surface area contributed by atoms with E-state index in [2.05, 4.69) is 52.2 Å². The van der Waals surface area contributed by atoms with Gasteiger partial charge in [0.05, 0.1) is 6.10 Å². The molecule has 3 unspecified atom stereocenters. The summed E-state index contributed by atoms with van der Waals surface area (Å²) in [6.45, 7) is 15.9. The zero-order valence-electron chi connectivity index (χ0n) is 15.2. The molecule has 0 aromatic carbocycles. The van der Waals surface area contributed by atoms with E-state index >= 15 is 0 Å². The SMILES string of the molecule is CCNC(=NCC1CCCOC1C(C)(C)C)NC(C)CC.I. The molecule has 1 heterocycles. The van der Waals surface area contributed by atoms with Gasteiger partial charge in [-0.25, -0.2) is 0 Å². The maximum atomic E-state index is 6.04. The summed E-state index contributed by atoms with van der Waals surface area (Å²) in [5.74, 6) is 1.45. The highest BCUT2D eigenvalue weighted by Crippen LogP contribution is 2.34. The summed E-state index contributed by atoms with van der Waals surface area (Å²) in [4.78, 5) is 4.80. The van der Waals surface area contributed by atoms with E-state index < -0.39 is 0 Å². The van der Waals surface area contributed by atoms with Crippen LogP contribution in [-0.4, -0.2) is 37.8 Å². The van der Waals surface area contributed by atoms with Gasteiger partial charge < -0.3 is 15.4 Å². The first-order valence-corrected chi connectivity index (χ1v) is 8.54. The monoisotopic (exact) mass is 425 g/mol. The van der Waals surface area contributed by atoms with Crippen molar-refractivity contribution in [1.82, 2.24) is 10.6 Å². The highest BCUT2D eigenvalue weighted by molar-refractivity contribution is 14.0. The average molecular weight is 425 g/mol. The van der Waals surface area contributed by atoms with Gasteiger partial charge >= 0.3 is 0 Å². The molecular formula is C17H36IN3O. The Hall–Kier alpha value is -0.0400. The van der Waals surface area contributed by atoms with Gasteiger partial charge in [0.2, 0.25) is 0 Å². The Balaban J connectivity index is 0.00000441. The number of hydrogen-bond acceptors (Lipinski definition) is 2. The molecule has 1 aliphatic rings. The summed E-state index contributed by atoms with van der Waals surface area (Å²) in [6.07, 6.45) is 3.78. The zero-order valence-corrected chi connectivity index (χ0v) is 17.6. The van der Waals surface area contributed by atoms with E-state index in [0.717, 1.165) is 38.5 Å². The molecule has 5 heteroatoms. The summed E-state index contributed by atoms with van der Waals surface area (Å²) in [6, 6.07) is 0.448. The highest BCUT2D eigenvalue weighted by Gasteiger charge is 2.35. The molecule has 132 valence electrons. The molecule has 1 fully saturated rings. The topological polar surface area (TPSA) is 45.7 Å². The molecule has 1 saturated heterocycles. The number of nitrogens with one attached hydrogen (secondary N) is 2. The Morgan fingerprint density at radius 3 is 2.55 bits per heavy atom. The van der Waals surface area contributed by atoms with Crippen LogP contribution in [0.15, 0.2) is 4.99 Å². The van der Waals surface area contributed by atoms with Crippen molar-refractivity contribution in [2.45, 2.75) is 73.0 Å². The van der Waals surface area contributed by atoms with Gasteiger partial charge in [0.1, 0.15) is 0 Å². The molecule has 0 bridgehead atoms. The number of guanidine groups is 1. The third-order valence-corrected chi connectivity index (χ3v) is 4.12. The second-order valence-corrected chi connectivity index (χ2v) is 7.23. The lowest BCUT2D eigenvalue weighted by Crippen LogP contribution is -2.44. The van der Waals surface area contributed by atoms with Crippen molar-refractivity contribution in [2.24, 2.45) is 16.3 Å². The van der Waals surface area contributed by atoms with Crippen LogP contribution >= 0.6 is 24.0 Å². The minimum absolute atomic E-state index is 0.